The molecular formula is C23H27N3O3. The van der Waals surface area contributed by atoms with Gasteiger partial charge in [-0.1, -0.05) is 27.7 Å². The lowest BCUT2D eigenvalue weighted by Crippen LogP contribution is -2.16. The summed E-state index contributed by atoms with van der Waals surface area (Å²) in [6.45, 7) is 8.39. The van der Waals surface area contributed by atoms with E-state index in [1.807, 2.05) is 12.1 Å². The van der Waals surface area contributed by atoms with Crippen LogP contribution in [0.25, 0.3) is 0 Å². The number of benzene rings is 1. The molecule has 1 heterocycles. The molecule has 2 amide bonds. The molecule has 0 unspecified atom stereocenters. The van der Waals surface area contributed by atoms with Crippen LogP contribution in [0.1, 0.15) is 40.5 Å². The first kappa shape index (κ1) is 19.4. The van der Waals surface area contributed by atoms with Crippen LogP contribution in [0.2, 0.25) is 0 Å². The molecule has 2 aliphatic rings. The molecule has 2 aliphatic carbocycles. The molecule has 152 valence electrons. The van der Waals surface area contributed by atoms with Crippen molar-refractivity contribution in [2.24, 2.45) is 22.7 Å². The number of carbonyl (C=O) groups excluding carboxylic acids is 2. The molecular weight excluding hydrogens is 366 g/mol. The van der Waals surface area contributed by atoms with E-state index in [2.05, 4.69) is 43.3 Å². The minimum atomic E-state index is 0.0395. The first-order valence-electron chi connectivity index (χ1n) is 10.00. The maximum absolute atomic E-state index is 12.2. The topological polar surface area (TPSA) is 80.3 Å². The van der Waals surface area contributed by atoms with Crippen LogP contribution >= 0.6 is 0 Å². The quantitative estimate of drug-likeness (QED) is 0.736. The van der Waals surface area contributed by atoms with Gasteiger partial charge in [0.15, 0.2) is 0 Å². The molecule has 2 atom stereocenters. The van der Waals surface area contributed by atoms with Crippen molar-refractivity contribution in [3.8, 4) is 11.6 Å². The largest absolute Gasteiger partial charge is 0.439 e. The van der Waals surface area contributed by atoms with Crippen LogP contribution in [0.15, 0.2) is 42.6 Å². The fraction of sp³-hybridized carbons (Fsp3) is 0.435. The number of carbonyl (C=O) groups is 2. The van der Waals surface area contributed by atoms with Crippen LogP contribution in [0.3, 0.4) is 0 Å². The van der Waals surface area contributed by atoms with Crippen molar-refractivity contribution in [2.45, 2.75) is 40.5 Å². The zero-order valence-electron chi connectivity index (χ0n) is 17.3. The van der Waals surface area contributed by atoms with Gasteiger partial charge in [-0.15, -0.1) is 0 Å². The zero-order chi connectivity index (χ0) is 20.8. The van der Waals surface area contributed by atoms with E-state index < -0.39 is 0 Å². The SMILES string of the molecule is CC1(C)C[C@@H]1C(=O)Nc1ccc(Oc2ccc(NC(=O)[C@@H]3CC3(C)C)cn2)cc1. The maximum atomic E-state index is 12.2. The Morgan fingerprint density at radius 2 is 1.34 bits per heavy atom. The highest BCUT2D eigenvalue weighted by atomic mass is 16.5. The van der Waals surface area contributed by atoms with E-state index in [-0.39, 0.29) is 34.5 Å². The maximum Gasteiger partial charge on any atom is 0.228 e. The van der Waals surface area contributed by atoms with Gasteiger partial charge >= 0.3 is 0 Å². The van der Waals surface area contributed by atoms with Gasteiger partial charge in [-0.05, 0) is 54.0 Å². The van der Waals surface area contributed by atoms with E-state index >= 15 is 0 Å². The second-order valence-corrected chi connectivity index (χ2v) is 9.48. The predicted molar refractivity (Wildman–Crippen MR) is 112 cm³/mol. The molecule has 2 fully saturated rings. The fourth-order valence-corrected chi connectivity index (χ4v) is 3.53. The smallest absolute Gasteiger partial charge is 0.228 e. The number of nitrogens with zero attached hydrogens (tertiary/aromatic N) is 1. The van der Waals surface area contributed by atoms with Crippen LogP contribution in [0.5, 0.6) is 11.6 Å². The Morgan fingerprint density at radius 3 is 1.79 bits per heavy atom. The zero-order valence-corrected chi connectivity index (χ0v) is 17.3. The second kappa shape index (κ2) is 6.87. The van der Waals surface area contributed by atoms with Crippen LogP contribution in [0, 0.1) is 22.7 Å². The van der Waals surface area contributed by atoms with Gasteiger partial charge in [0, 0.05) is 23.6 Å². The van der Waals surface area contributed by atoms with Gasteiger partial charge < -0.3 is 15.4 Å². The Morgan fingerprint density at radius 1 is 0.862 bits per heavy atom. The number of amides is 2. The number of aromatic nitrogens is 1. The number of nitrogens with one attached hydrogen (secondary N) is 2. The highest BCUT2D eigenvalue weighted by Gasteiger charge is 2.51. The van der Waals surface area contributed by atoms with Gasteiger partial charge in [0.25, 0.3) is 0 Å². The summed E-state index contributed by atoms with van der Waals surface area (Å²) in [5.74, 6) is 1.33. The van der Waals surface area contributed by atoms with Gasteiger partial charge in [0.1, 0.15) is 5.75 Å². The van der Waals surface area contributed by atoms with E-state index in [0.29, 0.717) is 17.3 Å². The summed E-state index contributed by atoms with van der Waals surface area (Å²) in [6.07, 6.45) is 3.44. The summed E-state index contributed by atoms with van der Waals surface area (Å²) in [7, 11) is 0. The molecule has 6 heteroatoms. The molecule has 0 spiro atoms. The van der Waals surface area contributed by atoms with Gasteiger partial charge in [0.2, 0.25) is 17.7 Å². The Kier molecular flexibility index (Phi) is 4.60. The Labute approximate surface area is 171 Å². The molecule has 2 N–H and O–H groups in total. The number of hydrogen-bond donors (Lipinski definition) is 2. The number of ether oxygens (including phenoxy) is 1. The number of pyridine rings is 1. The van der Waals surface area contributed by atoms with Gasteiger partial charge in [-0.3, -0.25) is 9.59 Å². The summed E-state index contributed by atoms with van der Waals surface area (Å²) in [6, 6.07) is 10.7. The third-order valence-corrected chi connectivity index (χ3v) is 6.01. The normalized spacial score (nSPS) is 23.0. The van der Waals surface area contributed by atoms with Crippen LogP contribution in [-0.4, -0.2) is 16.8 Å². The van der Waals surface area contributed by atoms with E-state index in [1.165, 1.54) is 0 Å². The highest BCUT2D eigenvalue weighted by Crippen LogP contribution is 2.52. The van der Waals surface area contributed by atoms with Crippen LogP contribution in [-0.2, 0) is 9.59 Å². The molecule has 0 radical (unpaired) electrons. The molecule has 0 saturated heterocycles. The van der Waals surface area contributed by atoms with E-state index in [0.717, 1.165) is 18.5 Å². The number of rotatable bonds is 6. The first-order chi connectivity index (χ1) is 13.6. The molecule has 6 nitrogen and oxygen atoms in total. The number of anilines is 2. The van der Waals surface area contributed by atoms with Gasteiger partial charge in [-0.2, -0.15) is 0 Å². The highest BCUT2D eigenvalue weighted by molar-refractivity contribution is 5.95. The standard InChI is InChI=1S/C23H27N3O3/c1-22(2)11-17(22)20(27)25-14-5-8-16(9-6-14)29-19-10-7-15(13-24-19)26-21(28)18-12-23(18,3)4/h5-10,13,17-18H,11-12H2,1-4H3,(H,25,27)(H,26,28)/t17-,18+/m1/s1. The molecule has 2 saturated carbocycles. The number of hydrogen-bond acceptors (Lipinski definition) is 4. The average Bonchev–Trinajstić information content (AvgIpc) is 3.52. The molecule has 0 aliphatic heterocycles. The van der Waals surface area contributed by atoms with Crippen molar-refractivity contribution >= 4 is 23.2 Å². The molecule has 0 bridgehead atoms. The lowest BCUT2D eigenvalue weighted by Gasteiger charge is -2.09. The second-order valence-electron chi connectivity index (χ2n) is 9.48. The Hall–Kier alpha value is -2.89. The minimum Gasteiger partial charge on any atom is -0.439 e. The third kappa shape index (κ3) is 4.42. The third-order valence-electron chi connectivity index (χ3n) is 6.01. The fourth-order valence-electron chi connectivity index (χ4n) is 3.53. The van der Waals surface area contributed by atoms with E-state index in [4.69, 9.17) is 4.74 Å². The van der Waals surface area contributed by atoms with Gasteiger partial charge in [0.05, 0.1) is 11.9 Å². The van der Waals surface area contributed by atoms with Gasteiger partial charge in [-0.25, -0.2) is 4.98 Å². The molecule has 2 aromatic rings. The van der Waals surface area contributed by atoms with Crippen molar-refractivity contribution in [2.75, 3.05) is 10.6 Å². The first-order valence-corrected chi connectivity index (χ1v) is 10.00. The van der Waals surface area contributed by atoms with E-state index in [1.54, 1.807) is 30.5 Å². The van der Waals surface area contributed by atoms with Crippen LogP contribution < -0.4 is 15.4 Å². The predicted octanol–water partition coefficient (Wildman–Crippen LogP) is 4.84. The summed E-state index contributed by atoms with van der Waals surface area (Å²) in [5, 5.41) is 5.84. The van der Waals surface area contributed by atoms with Crippen molar-refractivity contribution < 1.29 is 14.3 Å². The Balaban J connectivity index is 1.30. The Bertz CT molecular complexity index is 855. The molecule has 1 aromatic carbocycles. The van der Waals surface area contributed by atoms with Crippen molar-refractivity contribution in [3.05, 3.63) is 42.6 Å². The lowest BCUT2D eigenvalue weighted by molar-refractivity contribution is -0.118. The minimum absolute atomic E-state index is 0.0395. The van der Waals surface area contributed by atoms with Crippen LogP contribution in [0.4, 0.5) is 11.4 Å². The molecule has 29 heavy (non-hydrogen) atoms. The van der Waals surface area contributed by atoms with Crippen molar-refractivity contribution in [3.63, 3.8) is 0 Å². The summed E-state index contributed by atoms with van der Waals surface area (Å²) in [4.78, 5) is 28.6. The summed E-state index contributed by atoms with van der Waals surface area (Å²) < 4.78 is 5.75. The van der Waals surface area contributed by atoms with Crippen molar-refractivity contribution in [1.29, 1.82) is 0 Å². The van der Waals surface area contributed by atoms with E-state index in [9.17, 15) is 9.59 Å². The van der Waals surface area contributed by atoms with Crippen molar-refractivity contribution in [1.82, 2.24) is 4.98 Å². The monoisotopic (exact) mass is 393 g/mol. The summed E-state index contributed by atoms with van der Waals surface area (Å²) >= 11 is 0. The molecule has 1 aromatic heterocycles. The summed E-state index contributed by atoms with van der Waals surface area (Å²) in [5.41, 5.74) is 1.62. The lowest BCUT2D eigenvalue weighted by atomic mass is 10.1. The molecule has 4 rings (SSSR count). The average molecular weight is 393 g/mol.